The summed E-state index contributed by atoms with van der Waals surface area (Å²) >= 11 is 3.38. The van der Waals surface area contributed by atoms with E-state index in [1.807, 2.05) is 36.5 Å². The maximum absolute atomic E-state index is 8.60. The monoisotopic (exact) mass is 261 g/mol. The van der Waals surface area contributed by atoms with Crippen molar-refractivity contribution in [1.29, 1.82) is 5.26 Å². The van der Waals surface area contributed by atoms with E-state index in [1.54, 1.807) is 4.68 Å². The van der Waals surface area contributed by atoms with E-state index in [-0.39, 0.29) is 0 Å². The van der Waals surface area contributed by atoms with E-state index >= 15 is 0 Å². The Kier molecular flexibility index (Phi) is 2.84. The SMILES string of the molecule is N#CCc1nn(-c2ccccc2)cc1Br. The van der Waals surface area contributed by atoms with E-state index in [9.17, 15) is 0 Å². The average Bonchev–Trinajstić information content (AvgIpc) is 2.63. The van der Waals surface area contributed by atoms with Crippen LogP contribution in [0.25, 0.3) is 5.69 Å². The molecule has 0 atom stereocenters. The molecule has 1 aromatic carbocycles. The molecule has 3 nitrogen and oxygen atoms in total. The molecule has 0 N–H and O–H groups in total. The first-order valence-corrected chi connectivity index (χ1v) is 5.27. The zero-order valence-electron chi connectivity index (χ0n) is 7.89. The van der Waals surface area contributed by atoms with Gasteiger partial charge in [-0.1, -0.05) is 18.2 Å². The zero-order valence-corrected chi connectivity index (χ0v) is 9.48. The van der Waals surface area contributed by atoms with Crippen molar-refractivity contribution in [2.45, 2.75) is 6.42 Å². The van der Waals surface area contributed by atoms with Crippen molar-refractivity contribution in [2.75, 3.05) is 0 Å². The number of aromatic nitrogens is 2. The number of nitrogens with zero attached hydrogens (tertiary/aromatic N) is 3. The number of hydrogen-bond donors (Lipinski definition) is 0. The molecule has 0 spiro atoms. The lowest BCUT2D eigenvalue weighted by molar-refractivity contribution is 0.853. The Morgan fingerprint density at radius 3 is 2.73 bits per heavy atom. The van der Waals surface area contributed by atoms with Crippen molar-refractivity contribution in [3.05, 3.63) is 46.7 Å². The molecular formula is C11H8BrN3. The van der Waals surface area contributed by atoms with E-state index in [0.29, 0.717) is 6.42 Å². The second kappa shape index (κ2) is 4.28. The fourth-order valence-corrected chi connectivity index (χ4v) is 1.71. The number of benzene rings is 1. The summed E-state index contributed by atoms with van der Waals surface area (Å²) in [4.78, 5) is 0. The largest absolute Gasteiger partial charge is 0.240 e. The summed E-state index contributed by atoms with van der Waals surface area (Å²) in [5.74, 6) is 0. The third-order valence-electron chi connectivity index (χ3n) is 2.01. The van der Waals surface area contributed by atoms with Gasteiger partial charge in [0.2, 0.25) is 0 Å². The van der Waals surface area contributed by atoms with Crippen LogP contribution in [0.3, 0.4) is 0 Å². The van der Waals surface area contributed by atoms with Gasteiger partial charge in [-0.2, -0.15) is 10.4 Å². The van der Waals surface area contributed by atoms with Gasteiger partial charge >= 0.3 is 0 Å². The van der Waals surface area contributed by atoms with Crippen molar-refractivity contribution in [3.8, 4) is 11.8 Å². The lowest BCUT2D eigenvalue weighted by Crippen LogP contribution is -1.95. The van der Waals surface area contributed by atoms with Crippen LogP contribution in [-0.4, -0.2) is 9.78 Å². The number of nitriles is 1. The first-order valence-electron chi connectivity index (χ1n) is 4.47. The fraction of sp³-hybridized carbons (Fsp3) is 0.0909. The van der Waals surface area contributed by atoms with E-state index in [2.05, 4.69) is 27.1 Å². The molecule has 1 heterocycles. The van der Waals surface area contributed by atoms with Crippen LogP contribution in [0.2, 0.25) is 0 Å². The second-order valence-electron chi connectivity index (χ2n) is 3.04. The Hall–Kier alpha value is -1.60. The molecule has 0 unspecified atom stereocenters. The fourth-order valence-electron chi connectivity index (χ4n) is 1.30. The molecule has 2 aromatic rings. The van der Waals surface area contributed by atoms with Gasteiger partial charge in [-0.05, 0) is 28.1 Å². The van der Waals surface area contributed by atoms with Gasteiger partial charge in [-0.25, -0.2) is 4.68 Å². The minimum atomic E-state index is 0.320. The number of hydrogen-bond acceptors (Lipinski definition) is 2. The predicted octanol–water partition coefficient (Wildman–Crippen LogP) is 2.70. The van der Waals surface area contributed by atoms with Crippen LogP contribution in [0, 0.1) is 11.3 Å². The van der Waals surface area contributed by atoms with Crippen LogP contribution in [0.1, 0.15) is 5.69 Å². The predicted molar refractivity (Wildman–Crippen MR) is 60.6 cm³/mol. The van der Waals surface area contributed by atoms with Crippen molar-refractivity contribution >= 4 is 15.9 Å². The average molecular weight is 262 g/mol. The summed E-state index contributed by atoms with van der Waals surface area (Å²) in [7, 11) is 0. The van der Waals surface area contributed by atoms with Gasteiger partial charge in [0.1, 0.15) is 0 Å². The first kappa shape index (κ1) is 9.94. The van der Waals surface area contributed by atoms with E-state index < -0.39 is 0 Å². The molecule has 4 heteroatoms. The molecule has 1 aromatic heterocycles. The molecule has 0 aliphatic rings. The van der Waals surface area contributed by atoms with Crippen LogP contribution in [0.5, 0.6) is 0 Å². The van der Waals surface area contributed by atoms with Crippen molar-refractivity contribution in [1.82, 2.24) is 9.78 Å². The highest BCUT2D eigenvalue weighted by atomic mass is 79.9. The van der Waals surface area contributed by atoms with Gasteiger partial charge in [0.25, 0.3) is 0 Å². The third kappa shape index (κ3) is 2.08. The van der Waals surface area contributed by atoms with Gasteiger partial charge in [-0.3, -0.25) is 0 Å². The van der Waals surface area contributed by atoms with Crippen molar-refractivity contribution < 1.29 is 0 Å². The number of para-hydroxylation sites is 1. The van der Waals surface area contributed by atoms with Gasteiger partial charge in [-0.15, -0.1) is 0 Å². The standard InChI is InChI=1S/C11H8BrN3/c12-10-8-15(14-11(10)6-7-13)9-4-2-1-3-5-9/h1-5,8H,6H2. The normalized spacial score (nSPS) is 9.87. The molecule has 0 fully saturated rings. The lowest BCUT2D eigenvalue weighted by Gasteiger charge is -1.98. The summed E-state index contributed by atoms with van der Waals surface area (Å²) in [6.07, 6.45) is 2.18. The molecule has 0 amide bonds. The summed E-state index contributed by atoms with van der Waals surface area (Å²) in [5.41, 5.74) is 1.75. The van der Waals surface area contributed by atoms with Gasteiger partial charge in [0, 0.05) is 6.20 Å². The van der Waals surface area contributed by atoms with Crippen LogP contribution >= 0.6 is 15.9 Å². The molecule has 0 saturated heterocycles. The Bertz CT molecular complexity index is 496. The highest BCUT2D eigenvalue weighted by Crippen LogP contribution is 2.17. The number of halogens is 1. The minimum absolute atomic E-state index is 0.320. The van der Waals surface area contributed by atoms with E-state index in [4.69, 9.17) is 5.26 Å². The highest BCUT2D eigenvalue weighted by Gasteiger charge is 2.06. The topological polar surface area (TPSA) is 41.6 Å². The van der Waals surface area contributed by atoms with Crippen LogP contribution in [0.4, 0.5) is 0 Å². The zero-order chi connectivity index (χ0) is 10.7. The molecule has 2 rings (SSSR count). The Balaban J connectivity index is 2.40. The van der Waals surface area contributed by atoms with E-state index in [0.717, 1.165) is 15.9 Å². The Morgan fingerprint density at radius 1 is 1.33 bits per heavy atom. The first-order chi connectivity index (χ1) is 7.31. The third-order valence-corrected chi connectivity index (χ3v) is 2.67. The summed E-state index contributed by atoms with van der Waals surface area (Å²) < 4.78 is 2.63. The molecule has 15 heavy (non-hydrogen) atoms. The Labute approximate surface area is 96.1 Å². The molecule has 0 radical (unpaired) electrons. The van der Waals surface area contributed by atoms with Crippen molar-refractivity contribution in [3.63, 3.8) is 0 Å². The van der Waals surface area contributed by atoms with Crippen molar-refractivity contribution in [2.24, 2.45) is 0 Å². The van der Waals surface area contributed by atoms with Gasteiger partial charge in [0.15, 0.2) is 0 Å². The maximum Gasteiger partial charge on any atom is 0.0911 e. The number of rotatable bonds is 2. The highest BCUT2D eigenvalue weighted by molar-refractivity contribution is 9.10. The molecule has 0 bridgehead atoms. The van der Waals surface area contributed by atoms with Gasteiger partial charge < -0.3 is 0 Å². The Morgan fingerprint density at radius 2 is 2.07 bits per heavy atom. The summed E-state index contributed by atoms with van der Waals surface area (Å²) in [6.45, 7) is 0. The molecule has 0 aliphatic carbocycles. The lowest BCUT2D eigenvalue weighted by atomic mass is 10.3. The molecule has 74 valence electrons. The van der Waals surface area contributed by atoms with Gasteiger partial charge in [0.05, 0.1) is 28.3 Å². The quantitative estimate of drug-likeness (QED) is 0.834. The smallest absolute Gasteiger partial charge is 0.0911 e. The summed E-state index contributed by atoms with van der Waals surface area (Å²) in [6, 6.07) is 11.9. The second-order valence-corrected chi connectivity index (χ2v) is 3.89. The summed E-state index contributed by atoms with van der Waals surface area (Å²) in [5, 5.41) is 12.9. The minimum Gasteiger partial charge on any atom is -0.240 e. The van der Waals surface area contributed by atoms with Crippen LogP contribution in [-0.2, 0) is 6.42 Å². The van der Waals surface area contributed by atoms with E-state index in [1.165, 1.54) is 0 Å². The van der Waals surface area contributed by atoms with Crippen LogP contribution in [0.15, 0.2) is 41.0 Å². The van der Waals surface area contributed by atoms with Crippen LogP contribution < -0.4 is 0 Å². The molecule has 0 saturated carbocycles. The molecular weight excluding hydrogens is 254 g/mol. The maximum atomic E-state index is 8.60. The molecule has 0 aliphatic heterocycles.